The molecule has 0 bridgehead atoms. The minimum absolute atomic E-state index is 0.340. The average Bonchev–Trinajstić information content (AvgIpc) is 2.58. The smallest absolute Gasteiger partial charge is 0.203 e. The van der Waals surface area contributed by atoms with E-state index in [9.17, 15) is 0 Å². The second-order valence-corrected chi connectivity index (χ2v) is 5.34. The van der Waals surface area contributed by atoms with Gasteiger partial charge in [-0.15, -0.1) is 0 Å². The van der Waals surface area contributed by atoms with Crippen LogP contribution in [0, 0.1) is 12.8 Å². The van der Waals surface area contributed by atoms with Gasteiger partial charge in [0.25, 0.3) is 0 Å². The van der Waals surface area contributed by atoms with E-state index in [4.69, 9.17) is 4.74 Å². The Kier molecular flexibility index (Phi) is 6.19. The van der Waals surface area contributed by atoms with Crippen LogP contribution in [0.5, 0.6) is 0 Å². The van der Waals surface area contributed by atoms with Gasteiger partial charge in [-0.2, -0.15) is 0 Å². The summed E-state index contributed by atoms with van der Waals surface area (Å²) in [5.41, 5.74) is 1.06. The van der Waals surface area contributed by atoms with Gasteiger partial charge in [-0.05, 0) is 19.3 Å². The number of rotatable bonds is 8. The van der Waals surface area contributed by atoms with E-state index in [0.717, 1.165) is 37.6 Å². The number of aromatic nitrogens is 2. The predicted molar refractivity (Wildman–Crippen MR) is 76.0 cm³/mol. The molecule has 0 aliphatic rings. The third-order valence-electron chi connectivity index (χ3n) is 2.80. The highest BCUT2D eigenvalue weighted by Gasteiger charge is 2.12. The zero-order chi connectivity index (χ0) is 13.5. The molecule has 0 fully saturated rings. The number of nitrogens with one attached hydrogen (secondary N) is 1. The first-order valence-electron chi connectivity index (χ1n) is 6.86. The summed E-state index contributed by atoms with van der Waals surface area (Å²) >= 11 is 0. The van der Waals surface area contributed by atoms with Gasteiger partial charge in [-0.25, -0.2) is 4.98 Å². The Balaban J connectivity index is 2.74. The lowest BCUT2D eigenvalue weighted by Crippen LogP contribution is -2.26. The second kappa shape index (κ2) is 7.41. The lowest BCUT2D eigenvalue weighted by molar-refractivity contribution is 0.182. The molecule has 1 atom stereocenters. The van der Waals surface area contributed by atoms with E-state index >= 15 is 0 Å². The van der Waals surface area contributed by atoms with Crippen molar-refractivity contribution in [1.82, 2.24) is 9.55 Å². The summed E-state index contributed by atoms with van der Waals surface area (Å²) in [6.07, 6.45) is 4.35. The quantitative estimate of drug-likeness (QED) is 0.774. The second-order valence-electron chi connectivity index (χ2n) is 5.34. The molecule has 1 aromatic heterocycles. The first-order chi connectivity index (χ1) is 8.56. The van der Waals surface area contributed by atoms with Crippen LogP contribution in [0.4, 0.5) is 5.95 Å². The average molecular weight is 253 g/mol. The molecule has 1 unspecified atom stereocenters. The molecule has 1 heterocycles. The van der Waals surface area contributed by atoms with Crippen LogP contribution < -0.4 is 5.32 Å². The van der Waals surface area contributed by atoms with Gasteiger partial charge in [0.05, 0.1) is 18.3 Å². The first kappa shape index (κ1) is 15.0. The van der Waals surface area contributed by atoms with Gasteiger partial charge in [0.15, 0.2) is 0 Å². The van der Waals surface area contributed by atoms with E-state index in [-0.39, 0.29) is 0 Å². The number of anilines is 1. The van der Waals surface area contributed by atoms with Gasteiger partial charge in [0.1, 0.15) is 0 Å². The molecular weight excluding hydrogens is 226 g/mol. The highest BCUT2D eigenvalue weighted by Crippen LogP contribution is 2.14. The Hall–Kier alpha value is -1.03. The van der Waals surface area contributed by atoms with Crippen molar-refractivity contribution in [3.8, 4) is 0 Å². The van der Waals surface area contributed by atoms with E-state index < -0.39 is 0 Å². The van der Waals surface area contributed by atoms with Crippen LogP contribution in [-0.2, 0) is 11.3 Å². The van der Waals surface area contributed by atoms with Crippen molar-refractivity contribution < 1.29 is 4.74 Å². The molecule has 18 heavy (non-hydrogen) atoms. The fourth-order valence-corrected chi connectivity index (χ4v) is 2.12. The van der Waals surface area contributed by atoms with Gasteiger partial charge in [0, 0.05) is 19.9 Å². The molecule has 0 amide bonds. The zero-order valence-corrected chi connectivity index (χ0v) is 12.4. The number of methoxy groups -OCH3 is 1. The zero-order valence-electron chi connectivity index (χ0n) is 12.4. The van der Waals surface area contributed by atoms with Crippen LogP contribution in [0.25, 0.3) is 0 Å². The molecule has 0 aliphatic heterocycles. The molecule has 1 aromatic rings. The maximum Gasteiger partial charge on any atom is 0.203 e. The van der Waals surface area contributed by atoms with E-state index in [2.05, 4.69) is 41.8 Å². The third-order valence-corrected chi connectivity index (χ3v) is 2.80. The molecule has 0 saturated heterocycles. The molecule has 4 heteroatoms. The Morgan fingerprint density at radius 3 is 2.72 bits per heavy atom. The monoisotopic (exact) mass is 253 g/mol. The summed E-state index contributed by atoms with van der Waals surface area (Å²) in [6, 6.07) is 0.340. The van der Waals surface area contributed by atoms with Gasteiger partial charge in [-0.1, -0.05) is 27.2 Å². The fraction of sp³-hybridized carbons (Fsp3) is 0.786. The summed E-state index contributed by atoms with van der Waals surface area (Å²) in [6.45, 7) is 10.4. The highest BCUT2D eigenvalue weighted by atomic mass is 16.5. The number of nitrogens with zero attached hydrogens (tertiary/aromatic N) is 2. The van der Waals surface area contributed by atoms with E-state index in [1.54, 1.807) is 7.11 Å². The normalized spacial score (nSPS) is 13.0. The Labute approximate surface area is 111 Å². The molecule has 1 rings (SSSR count). The number of hydrogen-bond acceptors (Lipinski definition) is 3. The topological polar surface area (TPSA) is 39.1 Å². The van der Waals surface area contributed by atoms with E-state index in [0.29, 0.717) is 12.0 Å². The minimum atomic E-state index is 0.340. The van der Waals surface area contributed by atoms with Crippen LogP contribution in [0.15, 0.2) is 6.20 Å². The highest BCUT2D eigenvalue weighted by molar-refractivity contribution is 5.30. The van der Waals surface area contributed by atoms with Crippen molar-refractivity contribution in [3.05, 3.63) is 11.9 Å². The van der Waals surface area contributed by atoms with Crippen molar-refractivity contribution in [1.29, 1.82) is 0 Å². The van der Waals surface area contributed by atoms with Crippen LogP contribution in [0.1, 0.15) is 39.3 Å². The van der Waals surface area contributed by atoms with Gasteiger partial charge < -0.3 is 14.6 Å². The number of imidazole rings is 1. The summed E-state index contributed by atoms with van der Waals surface area (Å²) in [4.78, 5) is 4.56. The number of aryl methyl sites for hydroxylation is 1. The van der Waals surface area contributed by atoms with Crippen LogP contribution in [-0.4, -0.2) is 29.3 Å². The summed E-state index contributed by atoms with van der Waals surface area (Å²) in [7, 11) is 1.75. The molecule has 0 saturated carbocycles. The molecule has 104 valence electrons. The molecule has 0 spiro atoms. The lowest BCUT2D eigenvalue weighted by Gasteiger charge is -2.19. The Morgan fingerprint density at radius 2 is 2.17 bits per heavy atom. The predicted octanol–water partition coefficient (Wildman–Crippen LogP) is 3.07. The minimum Gasteiger partial charge on any atom is -0.383 e. The van der Waals surface area contributed by atoms with Crippen molar-refractivity contribution in [2.45, 2.75) is 53.1 Å². The third kappa shape index (κ3) is 4.69. The molecule has 0 radical (unpaired) electrons. The molecule has 1 N–H and O–H groups in total. The van der Waals surface area contributed by atoms with Crippen molar-refractivity contribution >= 4 is 5.95 Å². The van der Waals surface area contributed by atoms with Crippen molar-refractivity contribution in [2.24, 2.45) is 5.92 Å². The molecule has 0 aliphatic carbocycles. The maximum atomic E-state index is 5.26. The van der Waals surface area contributed by atoms with Crippen LogP contribution >= 0.6 is 0 Å². The lowest BCUT2D eigenvalue weighted by atomic mass is 10.2. The number of ether oxygens (including phenoxy) is 1. The molecule has 0 aromatic carbocycles. The van der Waals surface area contributed by atoms with Crippen molar-refractivity contribution in [2.75, 3.05) is 19.0 Å². The molecular formula is C14H27N3O. The van der Waals surface area contributed by atoms with Crippen LogP contribution in [0.2, 0.25) is 0 Å². The molecule has 4 nitrogen and oxygen atoms in total. The summed E-state index contributed by atoms with van der Waals surface area (Å²) in [5.74, 6) is 1.59. The van der Waals surface area contributed by atoms with E-state index in [1.165, 1.54) is 0 Å². The van der Waals surface area contributed by atoms with Crippen LogP contribution in [0.3, 0.4) is 0 Å². The largest absolute Gasteiger partial charge is 0.383 e. The Bertz CT molecular complexity index is 341. The van der Waals surface area contributed by atoms with Gasteiger partial charge >= 0.3 is 0 Å². The summed E-state index contributed by atoms with van der Waals surface area (Å²) < 4.78 is 7.46. The Morgan fingerprint density at radius 1 is 1.44 bits per heavy atom. The fourth-order valence-electron chi connectivity index (χ4n) is 2.12. The number of hydrogen-bond donors (Lipinski definition) is 1. The van der Waals surface area contributed by atoms with Crippen molar-refractivity contribution in [3.63, 3.8) is 0 Å². The standard InChI is InChI=1S/C14H27N3O/c1-6-7-13(10-18-5)16-14-15-12(4)9-17(14)8-11(2)3/h9,11,13H,6-8,10H2,1-5H3,(H,15,16). The SMILES string of the molecule is CCCC(COC)Nc1nc(C)cn1CC(C)C. The first-order valence-corrected chi connectivity index (χ1v) is 6.86. The summed E-state index contributed by atoms with van der Waals surface area (Å²) in [5, 5.41) is 3.50. The van der Waals surface area contributed by atoms with E-state index in [1.807, 2.05) is 6.92 Å². The maximum absolute atomic E-state index is 5.26. The van der Waals surface area contributed by atoms with Gasteiger partial charge in [-0.3, -0.25) is 0 Å². The van der Waals surface area contributed by atoms with Gasteiger partial charge in [0.2, 0.25) is 5.95 Å².